The summed E-state index contributed by atoms with van der Waals surface area (Å²) in [5, 5.41) is 6.19. The third-order valence-electron chi connectivity index (χ3n) is 3.79. The summed E-state index contributed by atoms with van der Waals surface area (Å²) < 4.78 is 10.2. The van der Waals surface area contributed by atoms with Gasteiger partial charge in [-0.05, 0) is 38.0 Å². The Hall–Kier alpha value is -2.83. The molecule has 7 heteroatoms. The standard InChI is InChI=1S/C19H25N3O4/c1-4-5-15-6-8-16(9-7-15)25-13-19(24)22(14(2)3)12-18(23)20-17-10-11-26-21-17/h6-11,14H,4-5,12-13H2,1-3H3,(H,20,21,23). The predicted molar refractivity (Wildman–Crippen MR) is 97.9 cm³/mol. The quantitative estimate of drug-likeness (QED) is 0.744. The maximum Gasteiger partial charge on any atom is 0.261 e. The lowest BCUT2D eigenvalue weighted by Crippen LogP contribution is -2.44. The first-order valence-corrected chi connectivity index (χ1v) is 8.71. The van der Waals surface area contributed by atoms with E-state index in [9.17, 15) is 9.59 Å². The molecule has 7 nitrogen and oxygen atoms in total. The van der Waals surface area contributed by atoms with E-state index in [1.54, 1.807) is 0 Å². The van der Waals surface area contributed by atoms with E-state index in [0.29, 0.717) is 11.6 Å². The number of carbonyl (C=O) groups excluding carboxylic acids is 2. The largest absolute Gasteiger partial charge is 0.484 e. The monoisotopic (exact) mass is 359 g/mol. The van der Waals surface area contributed by atoms with Gasteiger partial charge in [-0.3, -0.25) is 9.59 Å². The van der Waals surface area contributed by atoms with Crippen LogP contribution in [0.15, 0.2) is 41.1 Å². The number of hydrogen-bond donors (Lipinski definition) is 1. The van der Waals surface area contributed by atoms with E-state index < -0.39 is 0 Å². The maximum absolute atomic E-state index is 12.5. The fourth-order valence-electron chi connectivity index (χ4n) is 2.44. The van der Waals surface area contributed by atoms with Crippen molar-refractivity contribution in [3.63, 3.8) is 0 Å². The lowest BCUT2D eigenvalue weighted by atomic mass is 10.1. The van der Waals surface area contributed by atoms with Crippen LogP contribution in [0.4, 0.5) is 5.82 Å². The van der Waals surface area contributed by atoms with Crippen LogP contribution in [0.3, 0.4) is 0 Å². The predicted octanol–water partition coefficient (Wildman–Crippen LogP) is 2.88. The summed E-state index contributed by atoms with van der Waals surface area (Å²) in [5.74, 6) is 0.348. The summed E-state index contributed by atoms with van der Waals surface area (Å²) in [5.41, 5.74) is 1.24. The van der Waals surface area contributed by atoms with Crippen molar-refractivity contribution in [2.45, 2.75) is 39.7 Å². The molecule has 2 rings (SSSR count). The summed E-state index contributed by atoms with van der Waals surface area (Å²) in [6.45, 7) is 5.62. The number of nitrogens with one attached hydrogen (secondary N) is 1. The molecule has 1 aromatic heterocycles. The van der Waals surface area contributed by atoms with Crippen LogP contribution in [0, 0.1) is 0 Å². The highest BCUT2D eigenvalue weighted by molar-refractivity contribution is 5.94. The Bertz CT molecular complexity index is 696. The first-order chi connectivity index (χ1) is 12.5. The van der Waals surface area contributed by atoms with Crippen LogP contribution < -0.4 is 10.1 Å². The minimum atomic E-state index is -0.343. The third-order valence-corrected chi connectivity index (χ3v) is 3.79. The number of carbonyl (C=O) groups is 2. The Balaban J connectivity index is 1.87. The molecule has 0 atom stereocenters. The van der Waals surface area contributed by atoms with E-state index >= 15 is 0 Å². The Kier molecular flexibility index (Phi) is 7.20. The van der Waals surface area contributed by atoms with E-state index in [2.05, 4.69) is 21.9 Å². The fourth-order valence-corrected chi connectivity index (χ4v) is 2.44. The lowest BCUT2D eigenvalue weighted by molar-refractivity contribution is -0.138. The molecule has 26 heavy (non-hydrogen) atoms. The van der Waals surface area contributed by atoms with Crippen molar-refractivity contribution in [1.29, 1.82) is 0 Å². The van der Waals surface area contributed by atoms with Gasteiger partial charge in [0.05, 0.1) is 0 Å². The van der Waals surface area contributed by atoms with E-state index in [-0.39, 0.29) is 31.0 Å². The lowest BCUT2D eigenvalue weighted by Gasteiger charge is -2.26. The fraction of sp³-hybridized carbons (Fsp3) is 0.421. The van der Waals surface area contributed by atoms with Gasteiger partial charge in [0.2, 0.25) is 5.91 Å². The topological polar surface area (TPSA) is 84.7 Å². The van der Waals surface area contributed by atoms with Crippen molar-refractivity contribution in [3.8, 4) is 5.75 Å². The zero-order chi connectivity index (χ0) is 18.9. The molecule has 2 amide bonds. The summed E-state index contributed by atoms with van der Waals surface area (Å²) in [6.07, 6.45) is 3.46. The molecule has 140 valence electrons. The van der Waals surface area contributed by atoms with Crippen LogP contribution in [0.1, 0.15) is 32.8 Å². The van der Waals surface area contributed by atoms with Gasteiger partial charge < -0.3 is 19.5 Å². The molecule has 0 radical (unpaired) electrons. The minimum Gasteiger partial charge on any atom is -0.484 e. The van der Waals surface area contributed by atoms with Crippen molar-refractivity contribution in [3.05, 3.63) is 42.2 Å². The summed E-state index contributed by atoms with van der Waals surface area (Å²) in [7, 11) is 0. The van der Waals surface area contributed by atoms with Crippen molar-refractivity contribution in [2.75, 3.05) is 18.5 Å². The maximum atomic E-state index is 12.5. The first kappa shape index (κ1) is 19.5. The van der Waals surface area contributed by atoms with Gasteiger partial charge in [-0.25, -0.2) is 0 Å². The molecule has 0 saturated heterocycles. The van der Waals surface area contributed by atoms with Crippen molar-refractivity contribution >= 4 is 17.6 Å². The molecule has 0 unspecified atom stereocenters. The van der Waals surface area contributed by atoms with Crippen molar-refractivity contribution < 1.29 is 18.8 Å². The van der Waals surface area contributed by atoms with Gasteiger partial charge >= 0.3 is 0 Å². The second-order valence-corrected chi connectivity index (χ2v) is 6.23. The van der Waals surface area contributed by atoms with Crippen molar-refractivity contribution in [1.82, 2.24) is 10.1 Å². The van der Waals surface area contributed by atoms with Gasteiger partial charge in [0.1, 0.15) is 18.6 Å². The molecule has 2 aromatic rings. The highest BCUT2D eigenvalue weighted by Crippen LogP contribution is 2.14. The Morgan fingerprint density at radius 2 is 1.96 bits per heavy atom. The van der Waals surface area contributed by atoms with Crippen LogP contribution in [0.25, 0.3) is 0 Å². The Morgan fingerprint density at radius 3 is 2.54 bits per heavy atom. The molecule has 0 aliphatic carbocycles. The van der Waals surface area contributed by atoms with Gasteiger partial charge in [-0.2, -0.15) is 0 Å². The van der Waals surface area contributed by atoms with Gasteiger partial charge in [-0.1, -0.05) is 30.6 Å². The molecular weight excluding hydrogens is 334 g/mol. The first-order valence-electron chi connectivity index (χ1n) is 8.71. The molecule has 0 bridgehead atoms. The van der Waals surface area contributed by atoms with Crippen molar-refractivity contribution in [2.24, 2.45) is 0 Å². The number of aryl methyl sites for hydroxylation is 1. The number of aromatic nitrogens is 1. The molecular formula is C19H25N3O4. The van der Waals surface area contributed by atoms with Crippen LogP contribution in [0.5, 0.6) is 5.75 Å². The van der Waals surface area contributed by atoms with Gasteiger partial charge in [0, 0.05) is 12.1 Å². The number of anilines is 1. The van der Waals surface area contributed by atoms with Crippen LogP contribution in [0.2, 0.25) is 0 Å². The molecule has 1 aromatic carbocycles. The average Bonchev–Trinajstić information content (AvgIpc) is 3.11. The zero-order valence-electron chi connectivity index (χ0n) is 15.4. The average molecular weight is 359 g/mol. The highest BCUT2D eigenvalue weighted by atomic mass is 16.5. The molecule has 0 spiro atoms. The molecule has 1 N–H and O–H groups in total. The molecule has 1 heterocycles. The van der Waals surface area contributed by atoms with Gasteiger partial charge in [0.15, 0.2) is 12.4 Å². The molecule has 0 fully saturated rings. The smallest absolute Gasteiger partial charge is 0.261 e. The number of benzene rings is 1. The molecule has 0 saturated carbocycles. The molecule has 0 aliphatic rings. The second kappa shape index (κ2) is 9.60. The Morgan fingerprint density at radius 1 is 1.23 bits per heavy atom. The van der Waals surface area contributed by atoms with E-state index in [1.165, 1.54) is 22.8 Å². The van der Waals surface area contributed by atoms with Gasteiger partial charge in [0.25, 0.3) is 5.91 Å². The normalized spacial score (nSPS) is 10.6. The van der Waals surface area contributed by atoms with Crippen LogP contribution in [-0.4, -0.2) is 41.1 Å². The van der Waals surface area contributed by atoms with E-state index in [4.69, 9.17) is 4.74 Å². The molecule has 0 aliphatic heterocycles. The summed E-state index contributed by atoms with van der Waals surface area (Å²) in [6, 6.07) is 9.10. The SMILES string of the molecule is CCCc1ccc(OCC(=O)N(CC(=O)Nc2ccon2)C(C)C)cc1. The summed E-state index contributed by atoms with van der Waals surface area (Å²) >= 11 is 0. The summed E-state index contributed by atoms with van der Waals surface area (Å²) in [4.78, 5) is 26.0. The van der Waals surface area contributed by atoms with Crippen LogP contribution >= 0.6 is 0 Å². The number of rotatable bonds is 9. The van der Waals surface area contributed by atoms with E-state index in [1.807, 2.05) is 38.1 Å². The third kappa shape index (κ3) is 5.91. The number of nitrogens with zero attached hydrogens (tertiary/aromatic N) is 2. The second-order valence-electron chi connectivity index (χ2n) is 6.23. The minimum absolute atomic E-state index is 0.0812. The Labute approximate surface area is 153 Å². The van der Waals surface area contributed by atoms with E-state index in [0.717, 1.165) is 12.8 Å². The zero-order valence-corrected chi connectivity index (χ0v) is 15.4. The number of hydrogen-bond acceptors (Lipinski definition) is 5. The number of ether oxygens (including phenoxy) is 1. The van der Waals surface area contributed by atoms with Gasteiger partial charge in [-0.15, -0.1) is 0 Å². The number of amides is 2. The van der Waals surface area contributed by atoms with Crippen LogP contribution in [-0.2, 0) is 16.0 Å². The highest BCUT2D eigenvalue weighted by Gasteiger charge is 2.21.